The molecule has 1 aromatic carbocycles. The first-order chi connectivity index (χ1) is 13.1. The Hall–Kier alpha value is -2.37. The summed E-state index contributed by atoms with van der Waals surface area (Å²) >= 11 is 0. The number of aryl methyl sites for hydroxylation is 1. The van der Waals surface area contributed by atoms with Crippen molar-refractivity contribution < 1.29 is 14.4 Å². The van der Waals surface area contributed by atoms with Crippen molar-refractivity contribution in [2.24, 2.45) is 5.92 Å². The number of carbonyl (C=O) groups excluding carboxylic acids is 3. The largest absolute Gasteiger partial charge is 0.339 e. The summed E-state index contributed by atoms with van der Waals surface area (Å²) in [6, 6.07) is 8.14. The van der Waals surface area contributed by atoms with E-state index in [0.29, 0.717) is 50.7 Å². The zero-order chi connectivity index (χ0) is 19.0. The molecule has 0 bridgehead atoms. The van der Waals surface area contributed by atoms with Gasteiger partial charge in [-0.05, 0) is 37.0 Å². The van der Waals surface area contributed by atoms with Gasteiger partial charge in [-0.15, -0.1) is 0 Å². The lowest BCUT2D eigenvalue weighted by atomic mass is 10.1. The van der Waals surface area contributed by atoms with Gasteiger partial charge in [0, 0.05) is 50.7 Å². The lowest BCUT2D eigenvalue weighted by Gasteiger charge is -2.36. The maximum absolute atomic E-state index is 12.8. The van der Waals surface area contributed by atoms with Crippen molar-refractivity contribution in [2.75, 3.05) is 32.7 Å². The second-order valence-corrected chi connectivity index (χ2v) is 7.85. The molecule has 1 saturated carbocycles. The van der Waals surface area contributed by atoms with Crippen LogP contribution in [-0.4, -0.2) is 71.2 Å². The van der Waals surface area contributed by atoms with Crippen LogP contribution < -0.4 is 0 Å². The molecule has 0 N–H and O–H groups in total. The average molecular weight is 369 g/mol. The fourth-order valence-corrected chi connectivity index (χ4v) is 4.09. The van der Waals surface area contributed by atoms with Gasteiger partial charge < -0.3 is 14.7 Å². The summed E-state index contributed by atoms with van der Waals surface area (Å²) in [4.78, 5) is 43.1. The molecule has 2 aliphatic heterocycles. The number of nitrogens with zero attached hydrogens (tertiary/aromatic N) is 3. The molecule has 3 fully saturated rings. The smallest absolute Gasteiger partial charge is 0.253 e. The third-order valence-corrected chi connectivity index (χ3v) is 5.98. The summed E-state index contributed by atoms with van der Waals surface area (Å²) in [7, 11) is 0. The first kappa shape index (κ1) is 18.0. The van der Waals surface area contributed by atoms with E-state index in [2.05, 4.69) is 6.92 Å². The maximum Gasteiger partial charge on any atom is 0.253 e. The first-order valence-electron chi connectivity index (χ1n) is 10.0. The third kappa shape index (κ3) is 3.70. The minimum Gasteiger partial charge on any atom is -0.339 e. The van der Waals surface area contributed by atoms with Gasteiger partial charge in [-0.2, -0.15) is 0 Å². The van der Waals surface area contributed by atoms with Crippen LogP contribution in [0.25, 0.3) is 0 Å². The zero-order valence-corrected chi connectivity index (χ0v) is 15.9. The molecule has 27 heavy (non-hydrogen) atoms. The number of rotatable bonds is 4. The second-order valence-electron chi connectivity index (χ2n) is 7.85. The molecule has 4 rings (SSSR count). The molecule has 1 atom stereocenters. The van der Waals surface area contributed by atoms with Crippen LogP contribution >= 0.6 is 0 Å². The van der Waals surface area contributed by atoms with Crippen molar-refractivity contribution in [2.45, 2.75) is 38.6 Å². The normalized spacial score (nSPS) is 23.1. The van der Waals surface area contributed by atoms with E-state index in [9.17, 15) is 14.4 Å². The number of hydrogen-bond donors (Lipinski definition) is 0. The highest BCUT2D eigenvalue weighted by atomic mass is 16.2. The standard InChI is InChI=1S/C21H27N3O3/c1-2-15-3-5-16(6-4-15)20(26)22-9-11-23(12-10-22)21(27)17-13-19(25)24(14-17)18-7-8-18/h3-6,17-18H,2,7-14H2,1H3. The molecule has 3 aliphatic rings. The Balaban J connectivity index is 1.31. The minimum atomic E-state index is -0.207. The van der Waals surface area contributed by atoms with E-state index in [4.69, 9.17) is 0 Å². The predicted octanol–water partition coefficient (Wildman–Crippen LogP) is 1.54. The molecule has 0 aromatic heterocycles. The molecule has 6 heteroatoms. The van der Waals surface area contributed by atoms with Gasteiger partial charge >= 0.3 is 0 Å². The molecule has 0 radical (unpaired) electrons. The van der Waals surface area contributed by atoms with Crippen LogP contribution in [-0.2, 0) is 16.0 Å². The highest BCUT2D eigenvalue weighted by Gasteiger charge is 2.43. The van der Waals surface area contributed by atoms with E-state index in [1.165, 1.54) is 5.56 Å². The van der Waals surface area contributed by atoms with Crippen LogP contribution in [0.15, 0.2) is 24.3 Å². The molecule has 2 heterocycles. The molecule has 6 nitrogen and oxygen atoms in total. The van der Waals surface area contributed by atoms with E-state index in [-0.39, 0.29) is 23.6 Å². The van der Waals surface area contributed by atoms with Gasteiger partial charge in [0.2, 0.25) is 11.8 Å². The Labute approximate surface area is 160 Å². The topological polar surface area (TPSA) is 60.9 Å². The van der Waals surface area contributed by atoms with Crippen molar-refractivity contribution in [3.63, 3.8) is 0 Å². The quantitative estimate of drug-likeness (QED) is 0.809. The molecular weight excluding hydrogens is 342 g/mol. The summed E-state index contributed by atoms with van der Waals surface area (Å²) in [6.45, 7) is 4.86. The van der Waals surface area contributed by atoms with E-state index in [0.717, 1.165) is 19.3 Å². The van der Waals surface area contributed by atoms with Crippen molar-refractivity contribution in [1.29, 1.82) is 0 Å². The van der Waals surface area contributed by atoms with Gasteiger partial charge in [0.25, 0.3) is 5.91 Å². The third-order valence-electron chi connectivity index (χ3n) is 5.98. The lowest BCUT2D eigenvalue weighted by Crippen LogP contribution is -2.52. The number of benzene rings is 1. The fourth-order valence-electron chi connectivity index (χ4n) is 4.09. The number of hydrogen-bond acceptors (Lipinski definition) is 3. The Morgan fingerprint density at radius 3 is 2.22 bits per heavy atom. The molecule has 1 aliphatic carbocycles. The van der Waals surface area contributed by atoms with Crippen LogP contribution in [0.4, 0.5) is 0 Å². The first-order valence-corrected chi connectivity index (χ1v) is 10.0. The van der Waals surface area contributed by atoms with Crippen LogP contribution in [0.2, 0.25) is 0 Å². The van der Waals surface area contributed by atoms with Crippen LogP contribution in [0.3, 0.4) is 0 Å². The van der Waals surface area contributed by atoms with Crippen molar-refractivity contribution >= 4 is 17.7 Å². The molecule has 1 aromatic rings. The molecular formula is C21H27N3O3. The monoisotopic (exact) mass is 369 g/mol. The minimum absolute atomic E-state index is 0.0284. The number of amides is 3. The van der Waals surface area contributed by atoms with Crippen molar-refractivity contribution in [3.05, 3.63) is 35.4 Å². The van der Waals surface area contributed by atoms with Gasteiger partial charge in [-0.1, -0.05) is 19.1 Å². The number of carbonyl (C=O) groups is 3. The van der Waals surface area contributed by atoms with E-state index < -0.39 is 0 Å². The van der Waals surface area contributed by atoms with Gasteiger partial charge in [0.1, 0.15) is 0 Å². The van der Waals surface area contributed by atoms with Crippen molar-refractivity contribution in [1.82, 2.24) is 14.7 Å². The van der Waals surface area contributed by atoms with Crippen LogP contribution in [0.1, 0.15) is 42.1 Å². The summed E-state index contributed by atoms with van der Waals surface area (Å²) in [6.07, 6.45) is 3.45. The Morgan fingerprint density at radius 2 is 1.63 bits per heavy atom. The van der Waals surface area contributed by atoms with E-state index in [1.807, 2.05) is 39.0 Å². The Kier molecular flexibility index (Phi) is 4.89. The zero-order valence-electron chi connectivity index (χ0n) is 15.9. The summed E-state index contributed by atoms with van der Waals surface area (Å²) in [5.41, 5.74) is 1.92. The molecule has 144 valence electrons. The number of likely N-dealkylation sites (tertiary alicyclic amines) is 1. The summed E-state index contributed by atoms with van der Waals surface area (Å²) < 4.78 is 0. The SMILES string of the molecule is CCc1ccc(C(=O)N2CCN(C(=O)C3CC(=O)N(C4CC4)C3)CC2)cc1. The Bertz CT molecular complexity index is 734. The second kappa shape index (κ2) is 7.33. The Morgan fingerprint density at radius 1 is 1.00 bits per heavy atom. The van der Waals surface area contributed by atoms with Crippen LogP contribution in [0.5, 0.6) is 0 Å². The van der Waals surface area contributed by atoms with Crippen molar-refractivity contribution in [3.8, 4) is 0 Å². The van der Waals surface area contributed by atoms with E-state index in [1.54, 1.807) is 0 Å². The van der Waals surface area contributed by atoms with Gasteiger partial charge in [0.15, 0.2) is 0 Å². The molecule has 3 amide bonds. The average Bonchev–Trinajstić information content (AvgIpc) is 3.48. The highest BCUT2D eigenvalue weighted by Crippen LogP contribution is 2.33. The lowest BCUT2D eigenvalue weighted by molar-refractivity contribution is -0.137. The highest BCUT2D eigenvalue weighted by molar-refractivity contribution is 5.94. The van der Waals surface area contributed by atoms with Gasteiger partial charge in [-0.3, -0.25) is 14.4 Å². The van der Waals surface area contributed by atoms with E-state index >= 15 is 0 Å². The molecule has 0 spiro atoms. The predicted molar refractivity (Wildman–Crippen MR) is 101 cm³/mol. The van der Waals surface area contributed by atoms with Crippen LogP contribution in [0, 0.1) is 5.92 Å². The summed E-state index contributed by atoms with van der Waals surface area (Å²) in [5, 5.41) is 0. The molecule has 1 unspecified atom stereocenters. The number of piperazine rings is 1. The van der Waals surface area contributed by atoms with Gasteiger partial charge in [-0.25, -0.2) is 0 Å². The summed E-state index contributed by atoms with van der Waals surface area (Å²) in [5.74, 6) is 0.0220. The maximum atomic E-state index is 12.8. The fraction of sp³-hybridized carbons (Fsp3) is 0.571. The molecule has 2 saturated heterocycles. The van der Waals surface area contributed by atoms with Gasteiger partial charge in [0.05, 0.1) is 5.92 Å².